The minimum atomic E-state index is -5.70. The maximum atomic E-state index is 13.9. The highest BCUT2D eigenvalue weighted by atomic mass is 79.9. The molecule has 0 aliphatic carbocycles. The van der Waals surface area contributed by atoms with Crippen molar-refractivity contribution in [2.45, 2.75) is 22.8 Å². The molecule has 172 valence electrons. The molecule has 0 heterocycles. The normalized spacial score (nSPS) is 13.5. The Morgan fingerprint density at radius 2 is 1.06 bits per heavy atom. The lowest BCUT2D eigenvalue weighted by molar-refractivity contribution is 0.0557. The van der Waals surface area contributed by atoms with Crippen LogP contribution in [-0.4, -0.2) is 19.6 Å². The maximum Gasteiger partial charge on any atom is 0.399 e. The number of benzene rings is 2. The Balaban J connectivity index is 2.09. The van der Waals surface area contributed by atoms with Crippen LogP contribution >= 0.6 is 58.8 Å². The fourth-order valence-electron chi connectivity index (χ4n) is 2.39. The van der Waals surface area contributed by atoms with E-state index in [1.165, 1.54) is 36.0 Å². The van der Waals surface area contributed by atoms with Gasteiger partial charge in [-0.05, 0) is 23.3 Å². The molecule has 2 aromatic carbocycles. The summed E-state index contributed by atoms with van der Waals surface area (Å²) >= 11 is 7.07. The number of alkyl halides is 4. The topological polar surface area (TPSA) is 115 Å². The van der Waals surface area contributed by atoms with Crippen LogP contribution in [-0.2, 0) is 32.0 Å². The molecule has 0 spiro atoms. The molecular formula is C16H14Br2F4O6P2S. The quantitative estimate of drug-likeness (QED) is 0.206. The maximum absolute atomic E-state index is 13.9. The molecule has 4 N–H and O–H groups in total. The van der Waals surface area contributed by atoms with Crippen molar-refractivity contribution in [2.75, 3.05) is 0 Å². The zero-order chi connectivity index (χ0) is 23.8. The van der Waals surface area contributed by atoms with Gasteiger partial charge in [0.15, 0.2) is 0 Å². The molecule has 31 heavy (non-hydrogen) atoms. The van der Waals surface area contributed by atoms with Gasteiger partial charge in [-0.1, -0.05) is 56.1 Å². The molecule has 0 saturated carbocycles. The van der Waals surface area contributed by atoms with Gasteiger partial charge in [0.1, 0.15) is 0 Å². The summed E-state index contributed by atoms with van der Waals surface area (Å²) in [5.74, 6) is 0.608. The van der Waals surface area contributed by atoms with Crippen molar-refractivity contribution in [1.82, 2.24) is 0 Å². The summed E-state index contributed by atoms with van der Waals surface area (Å²) in [5.41, 5.74) is -9.27. The van der Waals surface area contributed by atoms with E-state index in [2.05, 4.69) is 31.9 Å². The minimum absolute atomic E-state index is 0.175. The first-order valence-electron chi connectivity index (χ1n) is 8.01. The smallest absolute Gasteiger partial charge is 0.320 e. The Bertz CT molecular complexity index is 993. The third-order valence-corrected chi connectivity index (χ3v) is 8.32. The third-order valence-electron chi connectivity index (χ3n) is 3.98. The van der Waals surface area contributed by atoms with E-state index in [0.717, 1.165) is 12.1 Å². The number of hydrogen-bond acceptors (Lipinski definition) is 3. The number of hydrogen-bond donors (Lipinski definition) is 4. The van der Waals surface area contributed by atoms with Crippen molar-refractivity contribution in [1.29, 1.82) is 0 Å². The van der Waals surface area contributed by atoms with E-state index >= 15 is 0 Å². The van der Waals surface area contributed by atoms with Gasteiger partial charge in [-0.2, -0.15) is 29.3 Å². The van der Waals surface area contributed by atoms with E-state index in [9.17, 15) is 26.7 Å². The molecule has 0 aliphatic heterocycles. The van der Waals surface area contributed by atoms with Gasteiger partial charge >= 0.3 is 26.5 Å². The highest BCUT2D eigenvalue weighted by Gasteiger charge is 2.52. The molecule has 0 atom stereocenters. The Morgan fingerprint density at radius 1 is 0.742 bits per heavy atom. The van der Waals surface area contributed by atoms with Crippen LogP contribution in [0.15, 0.2) is 45.3 Å². The number of rotatable bonds is 8. The monoisotopic (exact) mass is 630 g/mol. The molecule has 15 heteroatoms. The molecule has 0 radical (unpaired) electrons. The summed E-state index contributed by atoms with van der Waals surface area (Å²) in [7, 11) is -11.4. The molecular weight excluding hydrogens is 618 g/mol. The van der Waals surface area contributed by atoms with Crippen LogP contribution < -0.4 is 0 Å². The molecule has 0 bridgehead atoms. The summed E-state index contributed by atoms with van der Waals surface area (Å²) in [5, 5.41) is 0. The Morgan fingerprint density at radius 3 is 1.32 bits per heavy atom. The van der Waals surface area contributed by atoms with Gasteiger partial charge in [0.2, 0.25) is 0 Å². The third kappa shape index (κ3) is 6.02. The summed E-state index contributed by atoms with van der Waals surface area (Å²) < 4.78 is 77.1. The molecule has 0 amide bonds. The predicted octanol–water partition coefficient (Wildman–Crippen LogP) is 6.10. The Hall–Kier alpha value is -0.230. The van der Waals surface area contributed by atoms with Crippen molar-refractivity contribution >= 4 is 58.8 Å². The van der Waals surface area contributed by atoms with Crippen LogP contribution in [0.5, 0.6) is 0 Å². The molecule has 2 aromatic rings. The zero-order valence-electron chi connectivity index (χ0n) is 15.1. The SMILES string of the molecule is O=P(O)(O)C(F)(F)c1ccc(CSCc2ccc(C(F)(F)P(=O)(O)O)c(Br)c2)cc1Br. The molecule has 0 aliphatic rings. The van der Waals surface area contributed by atoms with Crippen molar-refractivity contribution in [3.63, 3.8) is 0 Å². The molecule has 0 unspecified atom stereocenters. The Labute approximate surface area is 195 Å². The van der Waals surface area contributed by atoms with Crippen LogP contribution in [0, 0.1) is 0 Å². The van der Waals surface area contributed by atoms with E-state index in [0.29, 0.717) is 22.6 Å². The van der Waals surface area contributed by atoms with Crippen molar-refractivity contribution < 1.29 is 46.3 Å². The van der Waals surface area contributed by atoms with Crippen molar-refractivity contribution in [2.24, 2.45) is 0 Å². The van der Waals surface area contributed by atoms with E-state index in [1.807, 2.05) is 0 Å². The second-order valence-corrected chi connectivity index (χ2v) is 12.3. The van der Waals surface area contributed by atoms with E-state index < -0.39 is 37.6 Å². The van der Waals surface area contributed by atoms with Gasteiger partial charge in [0.25, 0.3) is 0 Å². The predicted molar refractivity (Wildman–Crippen MR) is 115 cm³/mol. The van der Waals surface area contributed by atoms with Gasteiger partial charge in [-0.3, -0.25) is 9.13 Å². The van der Waals surface area contributed by atoms with Crippen LogP contribution in [0.1, 0.15) is 22.3 Å². The van der Waals surface area contributed by atoms with Crippen molar-refractivity contribution in [3.05, 3.63) is 67.6 Å². The van der Waals surface area contributed by atoms with E-state index in [4.69, 9.17) is 19.6 Å². The van der Waals surface area contributed by atoms with E-state index in [-0.39, 0.29) is 8.95 Å². The van der Waals surface area contributed by atoms with E-state index in [1.54, 1.807) is 0 Å². The largest absolute Gasteiger partial charge is 0.399 e. The highest BCUT2D eigenvalue weighted by molar-refractivity contribution is 9.10. The Kier molecular flexibility index (Phi) is 8.33. The van der Waals surface area contributed by atoms with Crippen LogP contribution in [0.3, 0.4) is 0 Å². The fourth-order valence-corrected chi connectivity index (χ4v) is 5.99. The van der Waals surface area contributed by atoms with Gasteiger partial charge in [-0.15, -0.1) is 0 Å². The summed E-state index contributed by atoms with van der Waals surface area (Å²) in [6, 6.07) is 6.99. The van der Waals surface area contributed by atoms with Crippen LogP contribution in [0.2, 0.25) is 0 Å². The first-order valence-corrected chi connectivity index (χ1v) is 14.0. The molecule has 6 nitrogen and oxygen atoms in total. The number of halogens is 6. The van der Waals surface area contributed by atoms with Gasteiger partial charge < -0.3 is 19.6 Å². The second kappa shape index (κ2) is 9.56. The molecule has 2 rings (SSSR count). The minimum Gasteiger partial charge on any atom is -0.320 e. The average molecular weight is 632 g/mol. The lowest BCUT2D eigenvalue weighted by Gasteiger charge is -2.20. The standard InChI is InChI=1S/C16H14Br2F4O6P2S/c17-13-5-9(1-3-11(13)15(19,20)29(23,24)25)7-31-8-10-2-4-12(14(18)6-10)16(21,22)30(26,27)28/h1-6H,7-8H2,(H2,23,24,25)(H2,26,27,28). The zero-order valence-corrected chi connectivity index (χ0v) is 20.8. The average Bonchev–Trinajstić information content (AvgIpc) is 2.59. The highest BCUT2D eigenvalue weighted by Crippen LogP contribution is 2.61. The first-order chi connectivity index (χ1) is 14.0. The van der Waals surface area contributed by atoms with Gasteiger partial charge in [-0.25, -0.2) is 0 Å². The summed E-state index contributed by atoms with van der Waals surface area (Å²) in [4.78, 5) is 35.4. The lowest BCUT2D eigenvalue weighted by Crippen LogP contribution is -2.14. The number of thioether (sulfide) groups is 1. The van der Waals surface area contributed by atoms with Crippen molar-refractivity contribution in [3.8, 4) is 0 Å². The summed E-state index contributed by atoms with van der Waals surface area (Å²) in [6.45, 7) is 0. The fraction of sp³-hybridized carbons (Fsp3) is 0.250. The molecule has 0 fully saturated rings. The second-order valence-electron chi connectivity index (χ2n) is 6.29. The van der Waals surface area contributed by atoms with Gasteiger partial charge in [0.05, 0.1) is 0 Å². The summed E-state index contributed by atoms with van der Waals surface area (Å²) in [6.07, 6.45) is 0. The molecule has 0 saturated heterocycles. The van der Waals surface area contributed by atoms with Crippen LogP contribution in [0.4, 0.5) is 17.6 Å². The van der Waals surface area contributed by atoms with Crippen LogP contribution in [0.25, 0.3) is 0 Å². The lowest BCUT2D eigenvalue weighted by atomic mass is 10.1. The van der Waals surface area contributed by atoms with Gasteiger partial charge in [0, 0.05) is 31.6 Å². The molecule has 0 aromatic heterocycles. The first kappa shape index (κ1) is 27.0.